The fourth-order valence-corrected chi connectivity index (χ4v) is 3.48. The lowest BCUT2D eigenvalue weighted by Crippen LogP contribution is -2.36. The number of hydrogen-bond donors (Lipinski definition) is 2. The van der Waals surface area contributed by atoms with Gasteiger partial charge in [-0.05, 0) is 29.8 Å². The van der Waals surface area contributed by atoms with Gasteiger partial charge in [0.25, 0.3) is 0 Å². The number of anilines is 1. The number of nitrogens with one attached hydrogen (secondary N) is 1. The summed E-state index contributed by atoms with van der Waals surface area (Å²) in [5.74, 6) is -0.131. The number of H-pyrrole nitrogens is 1. The first-order valence-corrected chi connectivity index (χ1v) is 8.42. The van der Waals surface area contributed by atoms with E-state index in [1.165, 1.54) is 0 Å². The summed E-state index contributed by atoms with van der Waals surface area (Å²) < 4.78 is 5.39. The van der Waals surface area contributed by atoms with Gasteiger partial charge in [0.1, 0.15) is 11.6 Å². The lowest BCUT2D eigenvalue weighted by atomic mass is 10.0. The van der Waals surface area contributed by atoms with Crippen molar-refractivity contribution in [3.63, 3.8) is 0 Å². The Balaban J connectivity index is 1.73. The van der Waals surface area contributed by atoms with Gasteiger partial charge >= 0.3 is 0 Å². The number of halogens is 1. The van der Waals surface area contributed by atoms with Crippen LogP contribution in [-0.2, 0) is 4.74 Å². The van der Waals surface area contributed by atoms with Gasteiger partial charge < -0.3 is 19.7 Å². The lowest BCUT2D eigenvalue weighted by molar-refractivity contribution is 0.122. The van der Waals surface area contributed by atoms with Gasteiger partial charge in [-0.25, -0.2) is 0 Å². The van der Waals surface area contributed by atoms with E-state index in [0.717, 1.165) is 43.1 Å². The van der Waals surface area contributed by atoms with E-state index in [9.17, 15) is 10.4 Å². The first kappa shape index (κ1) is 15.8. The number of benzene rings is 2. The first-order valence-electron chi connectivity index (χ1n) is 8.05. The van der Waals surface area contributed by atoms with Crippen LogP contribution in [0.2, 0.25) is 5.02 Å². The minimum Gasteiger partial charge on any atom is -0.494 e. The third-order valence-corrected chi connectivity index (χ3v) is 4.85. The second-order valence-corrected chi connectivity index (χ2v) is 6.39. The zero-order valence-electron chi connectivity index (χ0n) is 13.4. The molecule has 0 spiro atoms. The largest absolute Gasteiger partial charge is 0.494 e. The lowest BCUT2D eigenvalue weighted by Gasteiger charge is -2.29. The van der Waals surface area contributed by atoms with Gasteiger partial charge in [-0.1, -0.05) is 23.7 Å². The second-order valence-electron chi connectivity index (χ2n) is 5.98. The van der Waals surface area contributed by atoms with Gasteiger partial charge in [0.05, 0.1) is 23.8 Å². The molecule has 6 heteroatoms. The van der Waals surface area contributed by atoms with Crippen LogP contribution in [0, 0.1) is 11.3 Å². The van der Waals surface area contributed by atoms with Crippen LogP contribution in [0.4, 0.5) is 5.69 Å². The molecule has 126 valence electrons. The van der Waals surface area contributed by atoms with Crippen LogP contribution in [0.3, 0.4) is 0 Å². The Morgan fingerprint density at radius 3 is 2.56 bits per heavy atom. The van der Waals surface area contributed by atoms with Gasteiger partial charge in [-0.3, -0.25) is 0 Å². The van der Waals surface area contributed by atoms with Crippen LogP contribution < -0.4 is 4.90 Å². The number of nitriles is 1. The summed E-state index contributed by atoms with van der Waals surface area (Å²) in [6, 6.07) is 13.8. The summed E-state index contributed by atoms with van der Waals surface area (Å²) >= 11 is 6.42. The molecule has 1 aromatic heterocycles. The first-order chi connectivity index (χ1) is 12.2. The number of aromatic amines is 1. The highest BCUT2D eigenvalue weighted by Gasteiger charge is 2.15. The average molecular weight is 354 g/mol. The summed E-state index contributed by atoms with van der Waals surface area (Å²) in [5, 5.41) is 20.3. The van der Waals surface area contributed by atoms with Crippen molar-refractivity contribution in [2.24, 2.45) is 0 Å². The molecule has 0 saturated carbocycles. The van der Waals surface area contributed by atoms with Crippen LogP contribution in [0.25, 0.3) is 22.0 Å². The molecular formula is C19H16ClN3O2. The predicted molar refractivity (Wildman–Crippen MR) is 98.2 cm³/mol. The Morgan fingerprint density at radius 2 is 1.88 bits per heavy atom. The van der Waals surface area contributed by atoms with Crippen molar-refractivity contribution in [1.82, 2.24) is 4.98 Å². The Bertz CT molecular complexity index is 967. The van der Waals surface area contributed by atoms with Crippen LogP contribution in [0.15, 0.2) is 36.4 Å². The molecule has 1 fully saturated rings. The van der Waals surface area contributed by atoms with E-state index in [1.54, 1.807) is 6.07 Å². The van der Waals surface area contributed by atoms with Crippen molar-refractivity contribution in [2.75, 3.05) is 31.2 Å². The molecule has 0 aliphatic carbocycles. The summed E-state index contributed by atoms with van der Waals surface area (Å²) in [4.78, 5) is 5.07. The highest BCUT2D eigenvalue weighted by atomic mass is 35.5. The Hall–Kier alpha value is -2.68. The Kier molecular flexibility index (Phi) is 4.00. The normalized spacial score (nSPS) is 14.6. The second kappa shape index (κ2) is 6.32. The molecular weight excluding hydrogens is 338 g/mol. The van der Waals surface area contributed by atoms with Crippen molar-refractivity contribution in [2.45, 2.75) is 0 Å². The molecule has 5 nitrogen and oxygen atoms in total. The zero-order valence-corrected chi connectivity index (χ0v) is 14.2. The number of fused-ring (bicyclic) bond motifs is 1. The molecule has 0 bridgehead atoms. The molecule has 4 rings (SSSR count). The van der Waals surface area contributed by atoms with Gasteiger partial charge in [-0.15, -0.1) is 0 Å². The summed E-state index contributed by atoms with van der Waals surface area (Å²) in [5.41, 5.74) is 3.83. The Morgan fingerprint density at radius 1 is 1.16 bits per heavy atom. The van der Waals surface area contributed by atoms with E-state index in [2.05, 4.69) is 22.0 Å². The maximum absolute atomic E-state index is 9.83. The van der Waals surface area contributed by atoms with Gasteiger partial charge in [0.2, 0.25) is 5.88 Å². The summed E-state index contributed by atoms with van der Waals surface area (Å²) in [6.07, 6.45) is 0. The number of aromatic nitrogens is 1. The molecule has 3 aromatic rings. The monoisotopic (exact) mass is 353 g/mol. The molecule has 0 unspecified atom stereocenters. The molecule has 1 aliphatic rings. The summed E-state index contributed by atoms with van der Waals surface area (Å²) in [6.45, 7) is 3.27. The average Bonchev–Trinajstić information content (AvgIpc) is 2.95. The SMILES string of the molecule is N#Cc1c(O)[nH]c2cc(Cl)c(-c3ccc(N4CCOCC4)cc3)cc12. The minimum absolute atomic E-state index is 0.131. The van der Waals surface area contributed by atoms with Gasteiger partial charge in [-0.2, -0.15) is 5.26 Å². The number of rotatable bonds is 2. The minimum atomic E-state index is -0.131. The maximum atomic E-state index is 9.83. The molecule has 0 amide bonds. The highest BCUT2D eigenvalue weighted by molar-refractivity contribution is 6.34. The van der Waals surface area contributed by atoms with E-state index in [4.69, 9.17) is 16.3 Å². The third-order valence-electron chi connectivity index (χ3n) is 4.53. The van der Waals surface area contributed by atoms with Crippen LogP contribution in [-0.4, -0.2) is 36.4 Å². The number of hydrogen-bond acceptors (Lipinski definition) is 4. The quantitative estimate of drug-likeness (QED) is 0.732. The topological polar surface area (TPSA) is 72.3 Å². The third kappa shape index (κ3) is 2.80. The highest BCUT2D eigenvalue weighted by Crippen LogP contribution is 2.36. The van der Waals surface area contributed by atoms with Gasteiger partial charge in [0.15, 0.2) is 0 Å². The molecule has 0 radical (unpaired) electrons. The molecule has 2 N–H and O–H groups in total. The van der Waals surface area contributed by atoms with Crippen molar-refractivity contribution < 1.29 is 9.84 Å². The number of ether oxygens (including phenoxy) is 1. The van der Waals surface area contributed by atoms with Crippen LogP contribution in [0.5, 0.6) is 5.88 Å². The van der Waals surface area contributed by atoms with Crippen molar-refractivity contribution in [3.05, 3.63) is 47.0 Å². The summed E-state index contributed by atoms with van der Waals surface area (Å²) in [7, 11) is 0. The van der Waals surface area contributed by atoms with E-state index in [-0.39, 0.29) is 11.4 Å². The smallest absolute Gasteiger partial charge is 0.207 e. The molecule has 2 heterocycles. The van der Waals surface area contributed by atoms with Crippen molar-refractivity contribution in [1.29, 1.82) is 5.26 Å². The molecule has 2 aromatic carbocycles. The van der Waals surface area contributed by atoms with Crippen molar-refractivity contribution in [3.8, 4) is 23.1 Å². The van der Waals surface area contributed by atoms with E-state index in [1.807, 2.05) is 24.3 Å². The number of aromatic hydroxyl groups is 1. The fourth-order valence-electron chi connectivity index (χ4n) is 3.21. The van der Waals surface area contributed by atoms with Crippen LogP contribution in [0.1, 0.15) is 5.56 Å². The number of morpholine rings is 1. The Labute approximate surface area is 150 Å². The van der Waals surface area contributed by atoms with Gasteiger partial charge in [0, 0.05) is 29.7 Å². The van der Waals surface area contributed by atoms with Crippen molar-refractivity contribution >= 4 is 28.2 Å². The molecule has 0 atom stereocenters. The number of nitrogens with zero attached hydrogens (tertiary/aromatic N) is 2. The van der Waals surface area contributed by atoms with Crippen LogP contribution >= 0.6 is 11.6 Å². The molecule has 25 heavy (non-hydrogen) atoms. The zero-order chi connectivity index (χ0) is 17.4. The van der Waals surface area contributed by atoms with E-state index >= 15 is 0 Å². The van der Waals surface area contributed by atoms with E-state index < -0.39 is 0 Å². The fraction of sp³-hybridized carbons (Fsp3) is 0.211. The molecule has 1 aliphatic heterocycles. The maximum Gasteiger partial charge on any atom is 0.207 e. The predicted octanol–water partition coefficient (Wildman–Crippen LogP) is 3.90. The standard InChI is InChI=1S/C19H16ClN3O2/c20-17-10-18-15(16(11-21)19(24)22-18)9-14(17)12-1-3-13(4-2-12)23-5-7-25-8-6-23/h1-4,9-10,22,24H,5-8H2. The van der Waals surface area contributed by atoms with E-state index in [0.29, 0.717) is 15.9 Å². The molecule has 1 saturated heterocycles.